The highest BCUT2D eigenvalue weighted by Crippen LogP contribution is 2.32. The molecule has 0 aliphatic heterocycles. The largest absolute Gasteiger partial charge is 0.368 e. The predicted molar refractivity (Wildman–Crippen MR) is 58.8 cm³/mol. The van der Waals surface area contributed by atoms with E-state index >= 15 is 0 Å². The molecule has 4 heteroatoms. The number of nitrogens with one attached hydrogen (secondary N) is 1. The van der Waals surface area contributed by atoms with Gasteiger partial charge in [-0.25, -0.2) is 8.78 Å². The monoisotopic (exact) mass is 233 g/mol. The molecule has 2 fully saturated rings. The third-order valence-corrected chi connectivity index (χ3v) is 3.57. The third kappa shape index (κ3) is 3.67. The fraction of sp³-hybridized carbons (Fsp3) is 1.00. The van der Waals surface area contributed by atoms with Crippen molar-refractivity contribution in [1.29, 1.82) is 0 Å². The van der Waals surface area contributed by atoms with Crippen molar-refractivity contribution in [2.24, 2.45) is 0 Å². The molecule has 0 saturated heterocycles. The molecule has 0 aromatic carbocycles. The molecule has 0 aromatic heterocycles. The summed E-state index contributed by atoms with van der Waals surface area (Å²) in [5.41, 5.74) is -0.308. The first kappa shape index (κ1) is 12.2. The number of hydrogen-bond acceptors (Lipinski definition) is 2. The SMILES string of the molecule is FC(F)COC1(CNC2CC2)CCCCC1. The van der Waals surface area contributed by atoms with E-state index in [4.69, 9.17) is 4.74 Å². The van der Waals surface area contributed by atoms with Crippen LogP contribution in [-0.2, 0) is 4.74 Å². The molecule has 2 saturated carbocycles. The minimum atomic E-state index is -2.35. The lowest BCUT2D eigenvalue weighted by atomic mass is 9.84. The molecule has 1 N–H and O–H groups in total. The molecule has 0 spiro atoms. The Morgan fingerprint density at radius 3 is 2.44 bits per heavy atom. The fourth-order valence-electron chi connectivity index (χ4n) is 2.43. The van der Waals surface area contributed by atoms with E-state index in [1.165, 1.54) is 19.3 Å². The van der Waals surface area contributed by atoms with Gasteiger partial charge in [-0.2, -0.15) is 0 Å². The van der Waals surface area contributed by atoms with Crippen molar-refractivity contribution < 1.29 is 13.5 Å². The molecule has 16 heavy (non-hydrogen) atoms. The maximum Gasteiger partial charge on any atom is 0.261 e. The molecular weight excluding hydrogens is 212 g/mol. The van der Waals surface area contributed by atoms with Gasteiger partial charge in [0.2, 0.25) is 0 Å². The second-order valence-electron chi connectivity index (χ2n) is 5.10. The maximum absolute atomic E-state index is 12.2. The van der Waals surface area contributed by atoms with E-state index in [0.717, 1.165) is 32.2 Å². The van der Waals surface area contributed by atoms with E-state index in [-0.39, 0.29) is 5.60 Å². The Morgan fingerprint density at radius 2 is 1.88 bits per heavy atom. The molecule has 2 rings (SSSR count). The van der Waals surface area contributed by atoms with Gasteiger partial charge in [-0.1, -0.05) is 19.3 Å². The number of halogens is 2. The molecule has 2 aliphatic rings. The van der Waals surface area contributed by atoms with Crippen LogP contribution in [0.2, 0.25) is 0 Å². The second-order valence-corrected chi connectivity index (χ2v) is 5.10. The van der Waals surface area contributed by atoms with Crippen LogP contribution in [0.15, 0.2) is 0 Å². The lowest BCUT2D eigenvalue weighted by Gasteiger charge is -2.37. The summed E-state index contributed by atoms with van der Waals surface area (Å²) >= 11 is 0. The Balaban J connectivity index is 1.82. The van der Waals surface area contributed by atoms with E-state index in [1.807, 2.05) is 0 Å². The van der Waals surface area contributed by atoms with Gasteiger partial charge in [-0.05, 0) is 25.7 Å². The van der Waals surface area contributed by atoms with Crippen LogP contribution in [0, 0.1) is 0 Å². The minimum Gasteiger partial charge on any atom is -0.368 e. The molecule has 0 unspecified atom stereocenters. The van der Waals surface area contributed by atoms with E-state index in [1.54, 1.807) is 0 Å². The Labute approximate surface area is 95.7 Å². The summed E-state index contributed by atoms with van der Waals surface area (Å²) in [4.78, 5) is 0. The van der Waals surface area contributed by atoms with Gasteiger partial charge in [0.1, 0.15) is 6.61 Å². The van der Waals surface area contributed by atoms with Crippen LogP contribution in [0.3, 0.4) is 0 Å². The second kappa shape index (κ2) is 5.41. The number of hydrogen-bond donors (Lipinski definition) is 1. The van der Waals surface area contributed by atoms with E-state index in [0.29, 0.717) is 6.04 Å². The van der Waals surface area contributed by atoms with Gasteiger partial charge in [0.05, 0.1) is 5.60 Å². The quantitative estimate of drug-likeness (QED) is 0.761. The zero-order valence-electron chi connectivity index (χ0n) is 9.68. The molecule has 0 heterocycles. The van der Waals surface area contributed by atoms with Crippen LogP contribution in [0.4, 0.5) is 8.78 Å². The topological polar surface area (TPSA) is 21.3 Å². The highest BCUT2D eigenvalue weighted by molar-refractivity contribution is 4.91. The summed E-state index contributed by atoms with van der Waals surface area (Å²) in [6.45, 7) is 0.344. The van der Waals surface area contributed by atoms with Crippen molar-refractivity contribution in [2.75, 3.05) is 13.2 Å². The smallest absolute Gasteiger partial charge is 0.261 e. The predicted octanol–water partition coefficient (Wildman–Crippen LogP) is 2.72. The van der Waals surface area contributed by atoms with Crippen molar-refractivity contribution >= 4 is 0 Å². The molecule has 0 aromatic rings. The average molecular weight is 233 g/mol. The highest BCUT2D eigenvalue weighted by atomic mass is 19.3. The fourth-order valence-corrected chi connectivity index (χ4v) is 2.43. The van der Waals surface area contributed by atoms with Crippen LogP contribution in [0.25, 0.3) is 0 Å². The van der Waals surface area contributed by atoms with Crippen molar-refractivity contribution in [3.63, 3.8) is 0 Å². The van der Waals surface area contributed by atoms with Crippen LogP contribution in [-0.4, -0.2) is 31.2 Å². The molecule has 0 amide bonds. The summed E-state index contributed by atoms with van der Waals surface area (Å²) in [6.07, 6.45) is 5.39. The first-order valence-electron chi connectivity index (χ1n) is 6.36. The molecule has 0 radical (unpaired) electrons. The minimum absolute atomic E-state index is 0.308. The lowest BCUT2D eigenvalue weighted by molar-refractivity contribution is -0.105. The molecule has 94 valence electrons. The van der Waals surface area contributed by atoms with Crippen molar-refractivity contribution in [3.05, 3.63) is 0 Å². The van der Waals surface area contributed by atoms with Crippen LogP contribution in [0.5, 0.6) is 0 Å². The first-order chi connectivity index (χ1) is 7.70. The van der Waals surface area contributed by atoms with Crippen molar-refractivity contribution in [1.82, 2.24) is 5.32 Å². The molecular formula is C12H21F2NO. The zero-order valence-corrected chi connectivity index (χ0v) is 9.68. The molecule has 0 atom stereocenters. The van der Waals surface area contributed by atoms with E-state index < -0.39 is 13.0 Å². The number of rotatable bonds is 6. The van der Waals surface area contributed by atoms with E-state index in [9.17, 15) is 8.78 Å². The van der Waals surface area contributed by atoms with Gasteiger partial charge in [-0.15, -0.1) is 0 Å². The highest BCUT2D eigenvalue weighted by Gasteiger charge is 2.35. The van der Waals surface area contributed by atoms with Gasteiger partial charge >= 0.3 is 0 Å². The van der Waals surface area contributed by atoms with Gasteiger partial charge < -0.3 is 10.1 Å². The van der Waals surface area contributed by atoms with Crippen LogP contribution >= 0.6 is 0 Å². The Bertz CT molecular complexity index is 205. The van der Waals surface area contributed by atoms with Gasteiger partial charge in [0, 0.05) is 12.6 Å². The summed E-state index contributed by atoms with van der Waals surface area (Å²) in [5, 5.41) is 3.42. The van der Waals surface area contributed by atoms with Crippen molar-refractivity contribution in [2.45, 2.75) is 63.0 Å². The first-order valence-corrected chi connectivity index (χ1v) is 6.36. The maximum atomic E-state index is 12.2. The van der Waals surface area contributed by atoms with Crippen molar-refractivity contribution in [3.8, 4) is 0 Å². The van der Waals surface area contributed by atoms with Crippen LogP contribution in [0.1, 0.15) is 44.9 Å². The third-order valence-electron chi connectivity index (χ3n) is 3.57. The average Bonchev–Trinajstić information content (AvgIpc) is 3.09. The lowest BCUT2D eigenvalue weighted by Crippen LogP contribution is -2.46. The Hall–Kier alpha value is -0.220. The molecule has 2 nitrogen and oxygen atoms in total. The summed E-state index contributed by atoms with van der Waals surface area (Å²) in [5.74, 6) is 0. The summed E-state index contributed by atoms with van der Waals surface area (Å²) in [7, 11) is 0. The van der Waals surface area contributed by atoms with Gasteiger partial charge in [0.25, 0.3) is 6.43 Å². The Kier molecular flexibility index (Phi) is 4.14. The number of alkyl halides is 2. The zero-order chi connectivity index (χ0) is 11.4. The van der Waals surface area contributed by atoms with Gasteiger partial charge in [0.15, 0.2) is 0 Å². The standard InChI is InChI=1S/C12H21F2NO/c13-11(14)8-16-12(6-2-1-3-7-12)9-15-10-4-5-10/h10-11,15H,1-9H2. The Morgan fingerprint density at radius 1 is 1.19 bits per heavy atom. The van der Waals surface area contributed by atoms with Gasteiger partial charge in [-0.3, -0.25) is 0 Å². The summed E-state index contributed by atoms with van der Waals surface area (Å²) < 4.78 is 29.9. The van der Waals surface area contributed by atoms with Crippen LogP contribution < -0.4 is 5.32 Å². The molecule has 0 bridgehead atoms. The summed E-state index contributed by atoms with van der Waals surface area (Å²) in [6, 6.07) is 0.619. The number of ether oxygens (including phenoxy) is 1. The van der Waals surface area contributed by atoms with E-state index in [2.05, 4.69) is 5.32 Å². The normalized spacial score (nSPS) is 24.9. The molecule has 2 aliphatic carbocycles.